The highest BCUT2D eigenvalue weighted by atomic mass is 16.6. The highest BCUT2D eigenvalue weighted by Crippen LogP contribution is 2.09. The molecule has 1 N–H and O–H groups in total. The Morgan fingerprint density at radius 2 is 0.698 bits per heavy atom. The molecule has 1 aromatic rings. The van der Waals surface area contributed by atoms with Gasteiger partial charge in [-0.05, 0) is 59.3 Å². The van der Waals surface area contributed by atoms with Crippen LogP contribution in [0.5, 0.6) is 0 Å². The van der Waals surface area contributed by atoms with Crippen LogP contribution in [-0.2, 0) is 72.0 Å². The van der Waals surface area contributed by atoms with Crippen molar-refractivity contribution in [1.29, 1.82) is 0 Å². The summed E-state index contributed by atoms with van der Waals surface area (Å²) in [6, 6.07) is 0. The van der Waals surface area contributed by atoms with Crippen LogP contribution in [0.3, 0.4) is 0 Å². The van der Waals surface area contributed by atoms with E-state index in [1.54, 1.807) is 0 Å². The van der Waals surface area contributed by atoms with Crippen molar-refractivity contribution in [3.8, 4) is 0 Å². The molecular formula is C44H68N4O15. The zero-order valence-corrected chi connectivity index (χ0v) is 37.5. The summed E-state index contributed by atoms with van der Waals surface area (Å²) >= 11 is 0. The highest BCUT2D eigenvalue weighted by molar-refractivity contribution is 5.87. The normalized spacial score (nSPS) is 10.7. The maximum Gasteiger partial charge on any atom is 0.407 e. The van der Waals surface area contributed by atoms with Gasteiger partial charge in [0.15, 0.2) is 0 Å². The molecule has 0 aliphatic heterocycles. The molecule has 1 heterocycles. The fraction of sp³-hybridized carbons (Fsp3) is 0.659. The molecule has 19 heteroatoms. The monoisotopic (exact) mass is 892 g/mol. The van der Waals surface area contributed by atoms with E-state index in [0.29, 0.717) is 70.8 Å². The first kappa shape index (κ1) is 55.3. The number of alkyl carbamates (subject to hydrolysis) is 1. The summed E-state index contributed by atoms with van der Waals surface area (Å²) in [5.74, 6) is -2.47. The van der Waals surface area contributed by atoms with E-state index in [1.165, 1.54) is 20.8 Å². The van der Waals surface area contributed by atoms with E-state index in [-0.39, 0.29) is 88.8 Å². The van der Waals surface area contributed by atoms with Crippen molar-refractivity contribution in [3.05, 3.63) is 67.9 Å². The van der Waals surface area contributed by atoms with Gasteiger partial charge in [-0.15, -0.1) is 0 Å². The molecule has 354 valence electrons. The van der Waals surface area contributed by atoms with E-state index in [0.717, 1.165) is 39.4 Å². The van der Waals surface area contributed by atoms with Gasteiger partial charge in [-0.1, -0.05) is 71.1 Å². The van der Waals surface area contributed by atoms with Gasteiger partial charge in [-0.3, -0.25) is 9.59 Å². The van der Waals surface area contributed by atoms with Crippen molar-refractivity contribution in [1.82, 2.24) is 19.0 Å². The van der Waals surface area contributed by atoms with Gasteiger partial charge in [-0.25, -0.2) is 47.3 Å². The first-order chi connectivity index (χ1) is 30.1. The predicted octanol–water partition coefficient (Wildman–Crippen LogP) is 4.58. The summed E-state index contributed by atoms with van der Waals surface area (Å²) in [6.07, 6.45) is 8.62. The van der Waals surface area contributed by atoms with Gasteiger partial charge in [0.05, 0.1) is 0 Å². The lowest BCUT2D eigenvalue weighted by molar-refractivity contribution is -0.150. The Morgan fingerprint density at radius 1 is 0.413 bits per heavy atom. The Kier molecular flexibility index (Phi) is 28.9. The third-order valence-corrected chi connectivity index (χ3v) is 9.24. The van der Waals surface area contributed by atoms with Gasteiger partial charge in [-0.2, -0.15) is 0 Å². The van der Waals surface area contributed by atoms with Crippen LogP contribution >= 0.6 is 0 Å². The molecule has 0 fully saturated rings. The first-order valence-electron chi connectivity index (χ1n) is 21.7. The lowest BCUT2D eigenvalue weighted by Gasteiger charge is -2.14. The van der Waals surface area contributed by atoms with Crippen LogP contribution in [0.25, 0.3) is 0 Å². The lowest BCUT2D eigenvalue weighted by Crippen LogP contribution is -2.54. The Labute approximate surface area is 368 Å². The average molecular weight is 893 g/mol. The van der Waals surface area contributed by atoms with Gasteiger partial charge in [0.1, 0.15) is 39.6 Å². The predicted molar refractivity (Wildman–Crippen MR) is 232 cm³/mol. The average Bonchev–Trinajstić information content (AvgIpc) is 3.24. The van der Waals surface area contributed by atoms with Crippen LogP contribution in [0, 0.1) is 0 Å². The molecule has 0 spiro atoms. The number of rotatable bonds is 35. The topological polar surface area (TPSA) is 236 Å². The number of nitrogens with one attached hydrogen (secondary N) is 1. The molecule has 1 aromatic heterocycles. The maximum atomic E-state index is 13.5. The molecule has 0 aromatic carbocycles. The fourth-order valence-electron chi connectivity index (χ4n) is 5.75. The van der Waals surface area contributed by atoms with Crippen molar-refractivity contribution in [2.75, 3.05) is 46.2 Å². The van der Waals surface area contributed by atoms with Crippen LogP contribution in [0.15, 0.2) is 50.8 Å². The number of esters is 5. The highest BCUT2D eigenvalue weighted by Gasteiger charge is 2.16. The summed E-state index contributed by atoms with van der Waals surface area (Å²) in [5, 5.41) is 2.61. The van der Waals surface area contributed by atoms with Crippen LogP contribution in [-0.4, -0.2) is 95.8 Å². The smallest absolute Gasteiger partial charge is 0.407 e. The molecule has 0 saturated heterocycles. The Balaban J connectivity index is 2.68. The fourth-order valence-corrected chi connectivity index (χ4v) is 5.75. The van der Waals surface area contributed by atoms with Crippen LogP contribution in [0.1, 0.15) is 124 Å². The standard InChI is InChI=1S/C44H68N4O15/c1-33(2)38(51)60-29-27-58-36(49)21-15-9-7-12-18-24-46-42(55)47(25-19-13-8-10-16-22-37(50)59-28-30-61-39(52)34(3)4)44(57)48(43(46)56)26-20-14-11-17-23-45-41(54)63-32-31-62-40(53)35(5)6/h1,3,5,7-32H2,2,4,6H3,(H,45,54). The molecular weight excluding hydrogens is 824 g/mol. The summed E-state index contributed by atoms with van der Waals surface area (Å²) in [6.45, 7) is 15.3. The van der Waals surface area contributed by atoms with Crippen LogP contribution in [0.2, 0.25) is 0 Å². The Morgan fingerprint density at radius 3 is 1.05 bits per heavy atom. The second-order valence-corrected chi connectivity index (χ2v) is 15.0. The van der Waals surface area contributed by atoms with E-state index < -0.39 is 53.0 Å². The second kappa shape index (κ2) is 32.9. The minimum atomic E-state index is -0.669. The van der Waals surface area contributed by atoms with E-state index >= 15 is 0 Å². The van der Waals surface area contributed by atoms with Gasteiger partial charge in [0, 0.05) is 55.7 Å². The van der Waals surface area contributed by atoms with E-state index in [4.69, 9.17) is 28.4 Å². The minimum Gasteiger partial charge on any atom is -0.462 e. The molecule has 0 aliphatic carbocycles. The Bertz CT molecular complexity index is 1620. The number of carbonyl (C=O) groups is 6. The molecule has 0 atom stereocenters. The number of unbranched alkanes of at least 4 members (excludes halogenated alkanes) is 11. The number of nitrogens with zero attached hydrogens (tertiary/aromatic N) is 3. The van der Waals surface area contributed by atoms with Crippen molar-refractivity contribution >= 4 is 35.9 Å². The molecule has 0 unspecified atom stereocenters. The molecule has 19 nitrogen and oxygen atoms in total. The van der Waals surface area contributed by atoms with Crippen LogP contribution in [0.4, 0.5) is 4.79 Å². The molecule has 0 radical (unpaired) electrons. The van der Waals surface area contributed by atoms with Crippen LogP contribution < -0.4 is 22.4 Å². The summed E-state index contributed by atoms with van der Waals surface area (Å²) in [5.41, 5.74) is -1.25. The lowest BCUT2D eigenvalue weighted by atomic mass is 10.1. The zero-order valence-electron chi connectivity index (χ0n) is 37.5. The van der Waals surface area contributed by atoms with Crippen molar-refractivity contribution in [2.45, 2.75) is 143 Å². The number of hydrogen-bond acceptors (Lipinski definition) is 15. The summed E-state index contributed by atoms with van der Waals surface area (Å²) in [7, 11) is 0. The van der Waals surface area contributed by atoms with E-state index in [1.807, 2.05) is 0 Å². The Hall–Kier alpha value is -5.75. The quantitative estimate of drug-likeness (QED) is 0.0425. The molecule has 1 amide bonds. The SMILES string of the molecule is C=C(C)C(=O)OCCOC(=O)CCCCCCCn1c(=O)n(CCCCCCCC(=O)OCCOC(=O)C(=C)C)c(=O)n(CCCCCCNC(=O)OCCOC(=O)C(=C)C)c1=O. The maximum absolute atomic E-state index is 13.5. The van der Waals surface area contributed by atoms with Crippen molar-refractivity contribution < 1.29 is 57.2 Å². The molecule has 0 saturated carbocycles. The van der Waals surface area contributed by atoms with E-state index in [9.17, 15) is 43.2 Å². The van der Waals surface area contributed by atoms with Gasteiger partial charge in [0.2, 0.25) is 0 Å². The van der Waals surface area contributed by atoms with Gasteiger partial charge >= 0.3 is 53.0 Å². The van der Waals surface area contributed by atoms with E-state index in [2.05, 4.69) is 25.1 Å². The molecule has 0 aliphatic rings. The number of amides is 1. The second-order valence-electron chi connectivity index (χ2n) is 15.0. The summed E-state index contributed by atoms with van der Waals surface area (Å²) < 4.78 is 33.1. The molecule has 1 rings (SSSR count). The first-order valence-corrected chi connectivity index (χ1v) is 21.7. The zero-order chi connectivity index (χ0) is 47.0. The van der Waals surface area contributed by atoms with Crippen molar-refractivity contribution in [2.24, 2.45) is 0 Å². The minimum absolute atomic E-state index is 0.0417. The summed E-state index contributed by atoms with van der Waals surface area (Å²) in [4.78, 5) is 111. The largest absolute Gasteiger partial charge is 0.462 e. The molecule has 0 bridgehead atoms. The van der Waals surface area contributed by atoms with Gasteiger partial charge in [0.25, 0.3) is 0 Å². The molecule has 63 heavy (non-hydrogen) atoms. The van der Waals surface area contributed by atoms with Gasteiger partial charge < -0.3 is 33.7 Å². The number of aromatic nitrogens is 3. The number of ether oxygens (including phenoxy) is 6. The number of hydrogen-bond donors (Lipinski definition) is 1. The van der Waals surface area contributed by atoms with Crippen molar-refractivity contribution in [3.63, 3.8) is 0 Å². The number of carbonyl (C=O) groups excluding carboxylic acids is 6. The third-order valence-electron chi connectivity index (χ3n) is 9.24. The third kappa shape index (κ3) is 25.1.